The van der Waals surface area contributed by atoms with Gasteiger partial charge in [0.2, 0.25) is 0 Å². The van der Waals surface area contributed by atoms with Crippen LogP contribution in [0.1, 0.15) is 17.7 Å². The lowest BCUT2D eigenvalue weighted by molar-refractivity contribution is 0.145. The van der Waals surface area contributed by atoms with Crippen LogP contribution in [-0.4, -0.2) is 4.98 Å². The number of anilines is 1. The maximum Gasteiger partial charge on any atom is 0.280 e. The van der Waals surface area contributed by atoms with Crippen LogP contribution >= 0.6 is 15.9 Å². The van der Waals surface area contributed by atoms with Gasteiger partial charge in [-0.25, -0.2) is 18.2 Å². The zero-order valence-corrected chi connectivity index (χ0v) is 7.98. The van der Waals surface area contributed by atoms with Crippen molar-refractivity contribution >= 4 is 21.7 Å². The second-order valence-electron chi connectivity index (χ2n) is 2.33. The van der Waals surface area contributed by atoms with E-state index >= 15 is 0 Å². The van der Waals surface area contributed by atoms with Crippen molar-refractivity contribution < 1.29 is 13.2 Å². The molecule has 0 saturated heterocycles. The Kier molecular flexibility index (Phi) is 3.13. The molecule has 1 rings (SSSR count). The first kappa shape index (κ1) is 10.3. The Morgan fingerprint density at radius 2 is 2.15 bits per heavy atom. The number of hydrogen-bond donors (Lipinski definition) is 1. The zero-order valence-electron chi connectivity index (χ0n) is 6.40. The fraction of sp³-hybridized carbons (Fsp3) is 0.286. The highest BCUT2D eigenvalue weighted by Gasteiger charge is 2.16. The van der Waals surface area contributed by atoms with Crippen LogP contribution in [0.3, 0.4) is 0 Å². The van der Waals surface area contributed by atoms with Crippen LogP contribution in [0.5, 0.6) is 0 Å². The SMILES string of the molecule is Nc1nc(C(F)F)c(CBr)cc1F. The molecule has 0 atom stereocenters. The topological polar surface area (TPSA) is 38.9 Å². The Labute approximate surface area is 81.1 Å². The molecule has 1 aromatic rings. The molecule has 0 radical (unpaired) electrons. The molecule has 2 nitrogen and oxygen atoms in total. The minimum absolute atomic E-state index is 0.113. The Morgan fingerprint density at radius 1 is 1.54 bits per heavy atom. The smallest absolute Gasteiger partial charge is 0.280 e. The second kappa shape index (κ2) is 3.95. The lowest BCUT2D eigenvalue weighted by Crippen LogP contribution is -2.03. The van der Waals surface area contributed by atoms with Crippen LogP contribution in [0.4, 0.5) is 19.0 Å². The van der Waals surface area contributed by atoms with Crippen LogP contribution in [0.15, 0.2) is 6.07 Å². The summed E-state index contributed by atoms with van der Waals surface area (Å²) < 4.78 is 37.3. The van der Waals surface area contributed by atoms with E-state index in [-0.39, 0.29) is 10.9 Å². The van der Waals surface area contributed by atoms with Gasteiger partial charge >= 0.3 is 0 Å². The molecule has 0 aliphatic rings. The lowest BCUT2D eigenvalue weighted by Gasteiger charge is -2.06. The highest BCUT2D eigenvalue weighted by Crippen LogP contribution is 2.25. The van der Waals surface area contributed by atoms with Gasteiger partial charge in [0, 0.05) is 5.33 Å². The van der Waals surface area contributed by atoms with Crippen molar-refractivity contribution in [2.24, 2.45) is 0 Å². The van der Waals surface area contributed by atoms with Crippen LogP contribution in [0.25, 0.3) is 0 Å². The summed E-state index contributed by atoms with van der Waals surface area (Å²) >= 11 is 2.95. The van der Waals surface area contributed by atoms with E-state index < -0.39 is 23.8 Å². The highest BCUT2D eigenvalue weighted by molar-refractivity contribution is 9.08. The first-order valence-corrected chi connectivity index (χ1v) is 4.47. The number of halogens is 4. The second-order valence-corrected chi connectivity index (χ2v) is 2.89. The summed E-state index contributed by atoms with van der Waals surface area (Å²) in [5.74, 6) is -1.28. The molecule has 2 N–H and O–H groups in total. The molecule has 1 aromatic heterocycles. The average molecular weight is 255 g/mol. The summed E-state index contributed by atoms with van der Waals surface area (Å²) in [5, 5.41) is 0.122. The van der Waals surface area contributed by atoms with E-state index in [1.807, 2.05) is 0 Å². The third kappa shape index (κ3) is 2.12. The highest BCUT2D eigenvalue weighted by atomic mass is 79.9. The Bertz CT molecular complexity index is 317. The Hall–Kier alpha value is -0.780. The minimum Gasteiger partial charge on any atom is -0.381 e. The maximum absolute atomic E-state index is 12.8. The lowest BCUT2D eigenvalue weighted by atomic mass is 10.2. The van der Waals surface area contributed by atoms with Crippen molar-refractivity contribution in [1.82, 2.24) is 4.98 Å². The van der Waals surface area contributed by atoms with E-state index in [2.05, 4.69) is 20.9 Å². The van der Waals surface area contributed by atoms with Crippen molar-refractivity contribution in [3.05, 3.63) is 23.1 Å². The van der Waals surface area contributed by atoms with Gasteiger partial charge in [0.25, 0.3) is 6.43 Å². The van der Waals surface area contributed by atoms with Gasteiger partial charge in [0.1, 0.15) is 5.69 Å². The third-order valence-electron chi connectivity index (χ3n) is 1.47. The van der Waals surface area contributed by atoms with Crippen molar-refractivity contribution in [3.8, 4) is 0 Å². The summed E-state index contributed by atoms with van der Waals surface area (Å²) in [4.78, 5) is 3.27. The molecule has 0 unspecified atom stereocenters. The molecule has 0 amide bonds. The van der Waals surface area contributed by atoms with Crippen molar-refractivity contribution in [3.63, 3.8) is 0 Å². The average Bonchev–Trinajstić information content (AvgIpc) is 2.08. The number of nitrogens with zero attached hydrogens (tertiary/aromatic N) is 1. The van der Waals surface area contributed by atoms with Gasteiger partial charge < -0.3 is 5.73 Å². The van der Waals surface area contributed by atoms with E-state index in [0.29, 0.717) is 0 Å². The molecule has 13 heavy (non-hydrogen) atoms. The van der Waals surface area contributed by atoms with E-state index in [1.165, 1.54) is 0 Å². The van der Waals surface area contributed by atoms with Crippen LogP contribution in [-0.2, 0) is 5.33 Å². The maximum atomic E-state index is 12.8. The molecule has 0 aromatic carbocycles. The largest absolute Gasteiger partial charge is 0.381 e. The van der Waals surface area contributed by atoms with E-state index in [1.54, 1.807) is 0 Å². The molecule has 6 heteroatoms. The van der Waals surface area contributed by atoms with Gasteiger partial charge in [-0.3, -0.25) is 0 Å². The number of nitrogens with two attached hydrogens (primary N) is 1. The number of alkyl halides is 3. The molecule has 0 saturated carbocycles. The van der Waals surface area contributed by atoms with Gasteiger partial charge in [-0.1, -0.05) is 15.9 Å². The monoisotopic (exact) mass is 254 g/mol. The first-order chi connectivity index (χ1) is 6.06. The fourth-order valence-corrected chi connectivity index (χ4v) is 1.30. The van der Waals surface area contributed by atoms with Gasteiger partial charge in [0.15, 0.2) is 11.6 Å². The molecule has 0 aliphatic carbocycles. The summed E-state index contributed by atoms with van der Waals surface area (Å²) in [7, 11) is 0. The number of rotatable bonds is 2. The first-order valence-electron chi connectivity index (χ1n) is 3.35. The minimum atomic E-state index is -2.74. The molecule has 72 valence electrons. The normalized spacial score (nSPS) is 10.8. The molecule has 0 fully saturated rings. The molecule has 1 heterocycles. The molecule has 0 bridgehead atoms. The fourth-order valence-electron chi connectivity index (χ4n) is 0.852. The predicted molar refractivity (Wildman–Crippen MR) is 46.2 cm³/mol. The predicted octanol–water partition coefficient (Wildman–Crippen LogP) is 2.64. The molecular weight excluding hydrogens is 249 g/mol. The van der Waals surface area contributed by atoms with Crippen LogP contribution in [0.2, 0.25) is 0 Å². The van der Waals surface area contributed by atoms with E-state index in [0.717, 1.165) is 6.07 Å². The number of nitrogen functional groups attached to an aromatic ring is 1. The number of hydrogen-bond acceptors (Lipinski definition) is 2. The van der Waals surface area contributed by atoms with Crippen LogP contribution < -0.4 is 5.73 Å². The van der Waals surface area contributed by atoms with Gasteiger partial charge in [-0.05, 0) is 11.6 Å². The molecule has 0 aliphatic heterocycles. The van der Waals surface area contributed by atoms with Gasteiger partial charge in [-0.2, -0.15) is 0 Å². The van der Waals surface area contributed by atoms with Crippen molar-refractivity contribution in [2.75, 3.05) is 5.73 Å². The molecule has 0 spiro atoms. The number of pyridine rings is 1. The van der Waals surface area contributed by atoms with Gasteiger partial charge in [-0.15, -0.1) is 0 Å². The van der Waals surface area contributed by atoms with Gasteiger partial charge in [0.05, 0.1) is 0 Å². The van der Waals surface area contributed by atoms with E-state index in [4.69, 9.17) is 5.73 Å². The quantitative estimate of drug-likeness (QED) is 0.825. The van der Waals surface area contributed by atoms with Crippen LogP contribution in [0, 0.1) is 5.82 Å². The summed E-state index contributed by atoms with van der Waals surface area (Å²) in [5.41, 5.74) is 4.68. The summed E-state index contributed by atoms with van der Waals surface area (Å²) in [6, 6.07) is 0.957. The summed E-state index contributed by atoms with van der Waals surface area (Å²) in [6.45, 7) is 0. The number of aromatic nitrogens is 1. The van der Waals surface area contributed by atoms with Crippen molar-refractivity contribution in [2.45, 2.75) is 11.8 Å². The standard InChI is InChI=1S/C7H6BrF3N2/c8-2-3-1-4(9)7(12)13-5(3)6(10)11/h1,6H,2H2,(H2,12,13). The Morgan fingerprint density at radius 3 is 2.62 bits per heavy atom. The zero-order chi connectivity index (χ0) is 10.0. The molecular formula is C7H6BrF3N2. The van der Waals surface area contributed by atoms with E-state index in [9.17, 15) is 13.2 Å². The van der Waals surface area contributed by atoms with Crippen molar-refractivity contribution in [1.29, 1.82) is 0 Å². The third-order valence-corrected chi connectivity index (χ3v) is 2.07. The summed E-state index contributed by atoms with van der Waals surface area (Å²) in [6.07, 6.45) is -2.74. The Balaban J connectivity index is 3.25.